The number of aryl methyl sites for hydroxylation is 1. The number of rotatable bonds is 12. The third-order valence-electron chi connectivity index (χ3n) is 6.59. The van der Waals surface area contributed by atoms with Gasteiger partial charge in [-0.1, -0.05) is 60.2 Å². The standard InChI is InChI=1S/C32H35N3O6/c1-23-10-12-25(13-11-23)28-20-29(34-35(28)26-14-16-27(39-3)17-15-26)32(2,38)18-7-19-40-30(36)21-33-31(37)41-22-24-8-5-4-6-9-24/h4-6,8-17,20,38H,7,18-19,21-22H2,1-3H3,(H,33,37). The summed E-state index contributed by atoms with van der Waals surface area (Å²) in [6, 6.07) is 26.8. The van der Waals surface area contributed by atoms with E-state index in [0.29, 0.717) is 18.5 Å². The van der Waals surface area contributed by atoms with Crippen LogP contribution in [-0.2, 0) is 26.5 Å². The predicted octanol–water partition coefficient (Wildman–Crippen LogP) is 5.31. The van der Waals surface area contributed by atoms with Gasteiger partial charge in [0.2, 0.25) is 0 Å². The average molecular weight is 558 g/mol. The number of hydrogen-bond donors (Lipinski definition) is 2. The number of aliphatic hydroxyl groups is 1. The van der Waals surface area contributed by atoms with Crippen LogP contribution in [0.3, 0.4) is 0 Å². The van der Waals surface area contributed by atoms with Gasteiger partial charge in [0.05, 0.1) is 30.8 Å². The van der Waals surface area contributed by atoms with Crippen LogP contribution in [0.25, 0.3) is 16.9 Å². The Hall–Kier alpha value is -4.63. The van der Waals surface area contributed by atoms with Crippen LogP contribution in [0, 0.1) is 6.92 Å². The monoisotopic (exact) mass is 557 g/mol. The fraction of sp³-hybridized carbons (Fsp3) is 0.281. The molecule has 3 aromatic carbocycles. The van der Waals surface area contributed by atoms with E-state index in [4.69, 9.17) is 19.3 Å². The molecule has 0 radical (unpaired) electrons. The molecule has 1 aromatic heterocycles. The zero-order valence-electron chi connectivity index (χ0n) is 23.5. The molecule has 0 aliphatic heterocycles. The van der Waals surface area contributed by atoms with Gasteiger partial charge in [-0.15, -0.1) is 0 Å². The van der Waals surface area contributed by atoms with Crippen LogP contribution < -0.4 is 10.1 Å². The van der Waals surface area contributed by atoms with E-state index in [0.717, 1.165) is 33.8 Å². The summed E-state index contributed by atoms with van der Waals surface area (Å²) in [7, 11) is 1.62. The second-order valence-electron chi connectivity index (χ2n) is 9.90. The molecule has 4 aromatic rings. The molecular formula is C32H35N3O6. The fourth-order valence-electron chi connectivity index (χ4n) is 4.19. The van der Waals surface area contributed by atoms with Gasteiger partial charge < -0.3 is 24.6 Å². The van der Waals surface area contributed by atoms with Crippen LogP contribution in [0.5, 0.6) is 5.75 Å². The van der Waals surface area contributed by atoms with E-state index < -0.39 is 17.7 Å². The Bertz CT molecular complexity index is 1430. The molecular weight excluding hydrogens is 522 g/mol. The van der Waals surface area contributed by atoms with Crippen molar-refractivity contribution in [1.29, 1.82) is 0 Å². The van der Waals surface area contributed by atoms with E-state index in [9.17, 15) is 14.7 Å². The maximum absolute atomic E-state index is 12.1. The first kappa shape index (κ1) is 29.4. The molecule has 1 heterocycles. The molecule has 0 saturated carbocycles. The number of hydrogen-bond acceptors (Lipinski definition) is 7. The number of benzene rings is 3. The molecule has 0 saturated heterocycles. The van der Waals surface area contributed by atoms with Gasteiger partial charge in [-0.05, 0) is 62.6 Å². The number of esters is 1. The minimum Gasteiger partial charge on any atom is -0.497 e. The normalized spacial score (nSPS) is 12.3. The van der Waals surface area contributed by atoms with Gasteiger partial charge >= 0.3 is 12.1 Å². The lowest BCUT2D eigenvalue weighted by atomic mass is 9.95. The van der Waals surface area contributed by atoms with Gasteiger partial charge in [0.1, 0.15) is 24.5 Å². The van der Waals surface area contributed by atoms with Gasteiger partial charge in [-0.25, -0.2) is 9.48 Å². The van der Waals surface area contributed by atoms with E-state index in [1.165, 1.54) is 0 Å². The van der Waals surface area contributed by atoms with E-state index >= 15 is 0 Å². The first-order valence-electron chi connectivity index (χ1n) is 13.4. The van der Waals surface area contributed by atoms with Crippen molar-refractivity contribution in [2.75, 3.05) is 20.3 Å². The molecule has 41 heavy (non-hydrogen) atoms. The number of carbonyl (C=O) groups is 2. The topological polar surface area (TPSA) is 112 Å². The Morgan fingerprint density at radius 2 is 1.68 bits per heavy atom. The lowest BCUT2D eigenvalue weighted by Crippen LogP contribution is -2.31. The second kappa shape index (κ2) is 13.6. The number of methoxy groups -OCH3 is 1. The Morgan fingerprint density at radius 3 is 2.37 bits per heavy atom. The van der Waals surface area contributed by atoms with Crippen LogP contribution in [0.4, 0.5) is 4.79 Å². The molecule has 1 amide bonds. The minimum absolute atomic E-state index is 0.0831. The first-order valence-corrected chi connectivity index (χ1v) is 13.4. The van der Waals surface area contributed by atoms with Gasteiger partial charge in [0.15, 0.2) is 0 Å². The molecule has 2 N–H and O–H groups in total. The summed E-state index contributed by atoms with van der Waals surface area (Å²) in [5, 5.41) is 18.5. The predicted molar refractivity (Wildman–Crippen MR) is 155 cm³/mol. The molecule has 0 aliphatic rings. The third-order valence-corrected chi connectivity index (χ3v) is 6.59. The van der Waals surface area contributed by atoms with Crippen LogP contribution in [0.2, 0.25) is 0 Å². The molecule has 1 unspecified atom stereocenters. The average Bonchev–Trinajstić information content (AvgIpc) is 3.45. The molecule has 9 heteroatoms. The molecule has 0 fully saturated rings. The zero-order chi connectivity index (χ0) is 29.2. The Labute approximate surface area is 239 Å². The number of aromatic nitrogens is 2. The summed E-state index contributed by atoms with van der Waals surface area (Å²) in [5.74, 6) is 0.144. The molecule has 4 rings (SSSR count). The number of amides is 1. The summed E-state index contributed by atoms with van der Waals surface area (Å²) in [4.78, 5) is 23.9. The third kappa shape index (κ3) is 8.18. The van der Waals surface area contributed by atoms with Gasteiger partial charge in [-0.2, -0.15) is 5.10 Å². The largest absolute Gasteiger partial charge is 0.497 e. The minimum atomic E-state index is -1.27. The maximum Gasteiger partial charge on any atom is 0.407 e. The number of alkyl carbamates (subject to hydrolysis) is 1. The second-order valence-corrected chi connectivity index (χ2v) is 9.90. The fourth-order valence-corrected chi connectivity index (χ4v) is 4.19. The van der Waals surface area contributed by atoms with E-state index in [1.807, 2.05) is 91.9 Å². The van der Waals surface area contributed by atoms with Crippen molar-refractivity contribution < 1.29 is 28.9 Å². The number of carbonyl (C=O) groups excluding carboxylic acids is 2. The highest BCUT2D eigenvalue weighted by Gasteiger charge is 2.28. The summed E-state index contributed by atoms with van der Waals surface area (Å²) in [6.45, 7) is 3.60. The lowest BCUT2D eigenvalue weighted by molar-refractivity contribution is -0.142. The number of nitrogens with one attached hydrogen (secondary N) is 1. The van der Waals surface area contributed by atoms with E-state index in [1.54, 1.807) is 18.7 Å². The van der Waals surface area contributed by atoms with Crippen LogP contribution in [0.1, 0.15) is 36.6 Å². The molecule has 1 atom stereocenters. The van der Waals surface area contributed by atoms with Crippen molar-refractivity contribution in [2.45, 2.75) is 38.9 Å². The van der Waals surface area contributed by atoms with Gasteiger partial charge in [0.25, 0.3) is 0 Å². The van der Waals surface area contributed by atoms with Crippen molar-refractivity contribution in [1.82, 2.24) is 15.1 Å². The maximum atomic E-state index is 12.1. The lowest BCUT2D eigenvalue weighted by Gasteiger charge is -2.20. The van der Waals surface area contributed by atoms with E-state index in [2.05, 4.69) is 5.32 Å². The zero-order valence-corrected chi connectivity index (χ0v) is 23.5. The molecule has 0 bridgehead atoms. The number of nitrogens with zero attached hydrogens (tertiary/aromatic N) is 2. The van der Waals surface area contributed by atoms with Crippen molar-refractivity contribution in [2.24, 2.45) is 0 Å². The SMILES string of the molecule is COc1ccc(-n2nc(C(C)(O)CCCOC(=O)CNC(=O)OCc3ccccc3)cc2-c2ccc(C)cc2)cc1. The summed E-state index contributed by atoms with van der Waals surface area (Å²) >= 11 is 0. The van der Waals surface area contributed by atoms with Gasteiger partial charge in [-0.3, -0.25) is 4.79 Å². The molecule has 0 aliphatic carbocycles. The molecule has 9 nitrogen and oxygen atoms in total. The highest BCUT2D eigenvalue weighted by atomic mass is 16.6. The Morgan fingerprint density at radius 1 is 0.976 bits per heavy atom. The Balaban J connectivity index is 1.32. The summed E-state index contributed by atoms with van der Waals surface area (Å²) < 4.78 is 17.4. The summed E-state index contributed by atoms with van der Waals surface area (Å²) in [5.41, 5.74) is 3.84. The highest BCUT2D eigenvalue weighted by molar-refractivity contribution is 5.77. The van der Waals surface area contributed by atoms with Crippen LogP contribution in [-0.4, -0.2) is 47.2 Å². The highest BCUT2D eigenvalue weighted by Crippen LogP contribution is 2.32. The smallest absolute Gasteiger partial charge is 0.407 e. The summed E-state index contributed by atoms with van der Waals surface area (Å²) in [6.07, 6.45) is -0.00254. The molecule has 214 valence electrons. The van der Waals surface area contributed by atoms with Crippen LogP contribution in [0.15, 0.2) is 84.9 Å². The van der Waals surface area contributed by atoms with Crippen LogP contribution >= 0.6 is 0 Å². The van der Waals surface area contributed by atoms with Gasteiger partial charge in [0, 0.05) is 5.56 Å². The van der Waals surface area contributed by atoms with Crippen molar-refractivity contribution in [3.8, 4) is 22.7 Å². The van der Waals surface area contributed by atoms with Crippen molar-refractivity contribution in [3.63, 3.8) is 0 Å². The van der Waals surface area contributed by atoms with Crippen molar-refractivity contribution >= 4 is 12.1 Å². The quantitative estimate of drug-likeness (QED) is 0.179. The number of ether oxygens (including phenoxy) is 3. The Kier molecular flexibility index (Phi) is 9.76. The molecule has 0 spiro atoms. The van der Waals surface area contributed by atoms with E-state index in [-0.39, 0.29) is 19.8 Å². The first-order chi connectivity index (χ1) is 19.7. The van der Waals surface area contributed by atoms with Crippen molar-refractivity contribution in [3.05, 3.63) is 102 Å².